The topological polar surface area (TPSA) is 12.0 Å². The number of allylic oxidation sites excluding steroid dienone is 1. The van der Waals surface area contributed by atoms with E-state index in [0.29, 0.717) is 0 Å². The van der Waals surface area contributed by atoms with Gasteiger partial charge >= 0.3 is 0 Å². The fourth-order valence-electron chi connectivity index (χ4n) is 3.47. The highest BCUT2D eigenvalue weighted by atomic mass is 19.1. The van der Waals surface area contributed by atoms with Crippen LogP contribution < -0.4 is 5.32 Å². The number of rotatable bonds is 6. The molecule has 0 atom stereocenters. The van der Waals surface area contributed by atoms with Gasteiger partial charge in [-0.1, -0.05) is 50.8 Å². The zero-order chi connectivity index (χ0) is 17.8. The molecule has 0 heterocycles. The van der Waals surface area contributed by atoms with Crippen molar-refractivity contribution < 1.29 is 4.39 Å². The summed E-state index contributed by atoms with van der Waals surface area (Å²) in [4.78, 5) is 0. The van der Waals surface area contributed by atoms with Gasteiger partial charge in [0.15, 0.2) is 0 Å². The fraction of sp³-hybridized carbons (Fsp3) is 0.304. The van der Waals surface area contributed by atoms with Gasteiger partial charge in [-0.25, -0.2) is 4.39 Å². The van der Waals surface area contributed by atoms with Crippen molar-refractivity contribution in [2.24, 2.45) is 0 Å². The second-order valence-electron chi connectivity index (χ2n) is 6.61. The summed E-state index contributed by atoms with van der Waals surface area (Å²) in [6.07, 6.45) is 4.05. The summed E-state index contributed by atoms with van der Waals surface area (Å²) in [5.74, 6) is -0.202. The van der Waals surface area contributed by atoms with Gasteiger partial charge in [0.1, 0.15) is 5.82 Å². The van der Waals surface area contributed by atoms with Gasteiger partial charge in [0, 0.05) is 12.2 Å². The van der Waals surface area contributed by atoms with Gasteiger partial charge < -0.3 is 5.32 Å². The van der Waals surface area contributed by atoms with Crippen LogP contribution in [0.15, 0.2) is 60.3 Å². The molecular formula is C23H26FN. The molecule has 0 saturated heterocycles. The van der Waals surface area contributed by atoms with E-state index in [1.807, 2.05) is 12.1 Å². The van der Waals surface area contributed by atoms with Crippen molar-refractivity contribution in [3.63, 3.8) is 0 Å². The van der Waals surface area contributed by atoms with Crippen molar-refractivity contribution in [1.29, 1.82) is 0 Å². The van der Waals surface area contributed by atoms with E-state index >= 15 is 0 Å². The molecule has 0 radical (unpaired) electrons. The Kier molecular flexibility index (Phi) is 5.37. The molecule has 1 aliphatic rings. The summed E-state index contributed by atoms with van der Waals surface area (Å²) in [6.45, 7) is 9.53. The van der Waals surface area contributed by atoms with Crippen molar-refractivity contribution in [3.05, 3.63) is 88.4 Å². The third kappa shape index (κ3) is 3.68. The summed E-state index contributed by atoms with van der Waals surface area (Å²) < 4.78 is 13.4. The van der Waals surface area contributed by atoms with E-state index in [4.69, 9.17) is 0 Å². The number of fused-ring (bicyclic) bond motifs is 1. The summed E-state index contributed by atoms with van der Waals surface area (Å²) in [7, 11) is 0. The lowest BCUT2D eigenvalue weighted by Gasteiger charge is -2.26. The minimum atomic E-state index is -0.202. The standard InChI is InChI=1S/C23H26FN/c1-4-14-25-16(3)21-13-10-18-7-6-17(5-2)15-22(18)23(21)19-8-11-20(24)12-9-19/h6-9,11-12,15,25H,3-5,10,13-14H2,1-2H3. The average molecular weight is 335 g/mol. The van der Waals surface area contributed by atoms with Gasteiger partial charge in [-0.05, 0) is 71.2 Å². The maximum absolute atomic E-state index is 13.4. The second kappa shape index (κ2) is 7.69. The molecule has 0 bridgehead atoms. The molecule has 1 nitrogen and oxygen atoms in total. The first-order valence-corrected chi connectivity index (χ1v) is 9.18. The maximum atomic E-state index is 13.4. The van der Waals surface area contributed by atoms with Crippen LogP contribution in [0.4, 0.5) is 4.39 Å². The molecule has 0 aliphatic heterocycles. The molecule has 0 fully saturated rings. The van der Waals surface area contributed by atoms with Crippen LogP contribution >= 0.6 is 0 Å². The highest BCUT2D eigenvalue weighted by Gasteiger charge is 2.22. The summed E-state index contributed by atoms with van der Waals surface area (Å²) in [5.41, 5.74) is 8.46. The van der Waals surface area contributed by atoms with Gasteiger partial charge in [0.25, 0.3) is 0 Å². The smallest absolute Gasteiger partial charge is 0.123 e. The summed E-state index contributed by atoms with van der Waals surface area (Å²) in [5, 5.41) is 3.45. The predicted octanol–water partition coefficient (Wildman–Crippen LogP) is 5.65. The molecule has 0 spiro atoms. The Labute approximate surface area is 150 Å². The van der Waals surface area contributed by atoms with Gasteiger partial charge in [0.2, 0.25) is 0 Å². The fourth-order valence-corrected chi connectivity index (χ4v) is 3.47. The highest BCUT2D eigenvalue weighted by molar-refractivity contribution is 5.87. The van der Waals surface area contributed by atoms with Crippen molar-refractivity contribution >= 4 is 5.57 Å². The van der Waals surface area contributed by atoms with Crippen LogP contribution in [-0.2, 0) is 12.8 Å². The highest BCUT2D eigenvalue weighted by Crippen LogP contribution is 2.38. The zero-order valence-electron chi connectivity index (χ0n) is 15.2. The lowest BCUT2D eigenvalue weighted by Crippen LogP contribution is -2.18. The summed E-state index contributed by atoms with van der Waals surface area (Å²) in [6, 6.07) is 13.6. The molecule has 0 amide bonds. The first-order chi connectivity index (χ1) is 12.1. The zero-order valence-corrected chi connectivity index (χ0v) is 15.2. The molecule has 0 saturated carbocycles. The van der Waals surface area contributed by atoms with E-state index in [9.17, 15) is 4.39 Å². The Morgan fingerprint density at radius 2 is 1.84 bits per heavy atom. The first-order valence-electron chi connectivity index (χ1n) is 9.18. The molecule has 3 rings (SSSR count). The number of nitrogens with one attached hydrogen (secondary N) is 1. The number of aryl methyl sites for hydroxylation is 2. The lowest BCUT2D eigenvalue weighted by atomic mass is 9.80. The third-order valence-corrected chi connectivity index (χ3v) is 4.88. The van der Waals surface area contributed by atoms with E-state index in [-0.39, 0.29) is 5.82 Å². The monoisotopic (exact) mass is 335 g/mol. The number of benzene rings is 2. The second-order valence-corrected chi connectivity index (χ2v) is 6.61. The Balaban J connectivity index is 2.16. The number of halogens is 1. The molecular weight excluding hydrogens is 309 g/mol. The van der Waals surface area contributed by atoms with Crippen molar-refractivity contribution in [2.75, 3.05) is 6.54 Å². The van der Waals surface area contributed by atoms with E-state index in [1.54, 1.807) is 12.1 Å². The van der Waals surface area contributed by atoms with E-state index < -0.39 is 0 Å². The maximum Gasteiger partial charge on any atom is 0.123 e. The minimum absolute atomic E-state index is 0.202. The molecule has 2 aromatic rings. The molecule has 2 aromatic carbocycles. The predicted molar refractivity (Wildman–Crippen MR) is 104 cm³/mol. The lowest BCUT2D eigenvalue weighted by molar-refractivity contribution is 0.627. The molecule has 1 aliphatic carbocycles. The molecule has 25 heavy (non-hydrogen) atoms. The summed E-state index contributed by atoms with van der Waals surface area (Å²) >= 11 is 0. The van der Waals surface area contributed by atoms with Crippen molar-refractivity contribution in [1.82, 2.24) is 5.32 Å². The van der Waals surface area contributed by atoms with Crippen LogP contribution in [0.2, 0.25) is 0 Å². The molecule has 130 valence electrons. The number of hydrogen-bond acceptors (Lipinski definition) is 1. The SMILES string of the molecule is C=C(NCCC)C1=C(c2ccc(F)cc2)c2cc(CC)ccc2CC1. The van der Waals surface area contributed by atoms with Crippen LogP contribution in [0.25, 0.3) is 5.57 Å². The Bertz CT molecular complexity index is 799. The van der Waals surface area contributed by atoms with Crippen LogP contribution in [0.5, 0.6) is 0 Å². The molecule has 0 aromatic heterocycles. The quantitative estimate of drug-likeness (QED) is 0.719. The van der Waals surface area contributed by atoms with E-state index in [1.165, 1.54) is 27.8 Å². The van der Waals surface area contributed by atoms with Gasteiger partial charge in [-0.15, -0.1) is 0 Å². The van der Waals surface area contributed by atoms with Gasteiger partial charge in [-0.3, -0.25) is 0 Å². The van der Waals surface area contributed by atoms with Crippen molar-refractivity contribution in [3.8, 4) is 0 Å². The Morgan fingerprint density at radius 1 is 1.08 bits per heavy atom. The molecule has 2 heteroatoms. The van der Waals surface area contributed by atoms with E-state index in [2.05, 4.69) is 43.9 Å². The third-order valence-electron chi connectivity index (χ3n) is 4.88. The number of hydrogen-bond donors (Lipinski definition) is 1. The molecule has 1 N–H and O–H groups in total. The van der Waals surface area contributed by atoms with Crippen molar-refractivity contribution in [2.45, 2.75) is 39.5 Å². The Hall–Kier alpha value is -2.35. The van der Waals surface area contributed by atoms with Gasteiger partial charge in [-0.2, -0.15) is 0 Å². The molecule has 0 unspecified atom stereocenters. The normalized spacial score (nSPS) is 13.6. The van der Waals surface area contributed by atoms with Crippen LogP contribution in [-0.4, -0.2) is 6.54 Å². The Morgan fingerprint density at radius 3 is 2.52 bits per heavy atom. The first kappa shape index (κ1) is 17.5. The van der Waals surface area contributed by atoms with Crippen LogP contribution in [0, 0.1) is 5.82 Å². The minimum Gasteiger partial charge on any atom is -0.385 e. The van der Waals surface area contributed by atoms with E-state index in [0.717, 1.165) is 43.5 Å². The average Bonchev–Trinajstić information content (AvgIpc) is 2.65. The van der Waals surface area contributed by atoms with Crippen LogP contribution in [0.3, 0.4) is 0 Å². The van der Waals surface area contributed by atoms with Crippen LogP contribution in [0.1, 0.15) is 48.9 Å². The van der Waals surface area contributed by atoms with Gasteiger partial charge in [0.05, 0.1) is 0 Å². The largest absolute Gasteiger partial charge is 0.385 e.